The van der Waals surface area contributed by atoms with Crippen LogP contribution in [-0.2, 0) is 11.2 Å². The SMILES string of the molecule is COc1ccccc1N1CCN(C(=O)CCc2c(C)noc2C)C(C)C1. The van der Waals surface area contributed by atoms with E-state index in [9.17, 15) is 4.79 Å². The van der Waals surface area contributed by atoms with Gasteiger partial charge in [-0.15, -0.1) is 0 Å². The molecule has 2 heterocycles. The van der Waals surface area contributed by atoms with Crippen molar-refractivity contribution in [2.45, 2.75) is 39.7 Å². The van der Waals surface area contributed by atoms with Crippen LogP contribution in [0.15, 0.2) is 28.8 Å². The molecule has 0 radical (unpaired) electrons. The lowest BCUT2D eigenvalue weighted by molar-refractivity contribution is -0.133. The number of carbonyl (C=O) groups excluding carboxylic acids is 1. The van der Waals surface area contributed by atoms with Crippen molar-refractivity contribution < 1.29 is 14.1 Å². The van der Waals surface area contributed by atoms with Crippen LogP contribution in [0.25, 0.3) is 0 Å². The molecule has 1 atom stereocenters. The van der Waals surface area contributed by atoms with Gasteiger partial charge in [0.05, 0.1) is 18.5 Å². The van der Waals surface area contributed by atoms with Gasteiger partial charge in [0.1, 0.15) is 11.5 Å². The highest BCUT2D eigenvalue weighted by atomic mass is 16.5. The first-order valence-electron chi connectivity index (χ1n) is 9.10. The number of hydrogen-bond donors (Lipinski definition) is 0. The van der Waals surface area contributed by atoms with Crippen LogP contribution < -0.4 is 9.64 Å². The molecule has 2 aromatic rings. The van der Waals surface area contributed by atoms with Gasteiger partial charge in [0.2, 0.25) is 5.91 Å². The van der Waals surface area contributed by atoms with Gasteiger partial charge in [-0.2, -0.15) is 0 Å². The van der Waals surface area contributed by atoms with Crippen molar-refractivity contribution in [1.82, 2.24) is 10.1 Å². The van der Waals surface area contributed by atoms with Gasteiger partial charge in [-0.25, -0.2) is 0 Å². The molecule has 0 N–H and O–H groups in total. The summed E-state index contributed by atoms with van der Waals surface area (Å²) in [5, 5.41) is 3.96. The quantitative estimate of drug-likeness (QED) is 0.823. The molecule has 0 aliphatic carbocycles. The minimum absolute atomic E-state index is 0.158. The standard InChI is InChI=1S/C20H27N3O3/c1-14-13-22(18-7-5-6-8-19(18)25-4)11-12-23(14)20(24)10-9-17-15(2)21-26-16(17)3/h5-8,14H,9-13H2,1-4H3. The minimum Gasteiger partial charge on any atom is -0.495 e. The van der Waals surface area contributed by atoms with E-state index in [2.05, 4.69) is 23.0 Å². The maximum absolute atomic E-state index is 12.7. The number of piperazine rings is 1. The molecule has 1 aliphatic rings. The summed E-state index contributed by atoms with van der Waals surface area (Å²) in [6.45, 7) is 8.26. The fraction of sp³-hybridized carbons (Fsp3) is 0.500. The van der Waals surface area contributed by atoms with Gasteiger partial charge >= 0.3 is 0 Å². The number of benzene rings is 1. The molecule has 26 heavy (non-hydrogen) atoms. The lowest BCUT2D eigenvalue weighted by Crippen LogP contribution is -2.54. The number of ether oxygens (including phenoxy) is 1. The molecule has 0 spiro atoms. The van der Waals surface area contributed by atoms with Crippen LogP contribution in [0, 0.1) is 13.8 Å². The van der Waals surface area contributed by atoms with Gasteiger partial charge in [-0.3, -0.25) is 4.79 Å². The van der Waals surface area contributed by atoms with Crippen molar-refractivity contribution in [1.29, 1.82) is 0 Å². The highest BCUT2D eigenvalue weighted by Gasteiger charge is 2.28. The van der Waals surface area contributed by atoms with Crippen LogP contribution >= 0.6 is 0 Å². The van der Waals surface area contributed by atoms with Crippen LogP contribution in [0.2, 0.25) is 0 Å². The Hall–Kier alpha value is -2.50. The van der Waals surface area contributed by atoms with Crippen molar-refractivity contribution >= 4 is 11.6 Å². The molecule has 3 rings (SSSR count). The smallest absolute Gasteiger partial charge is 0.223 e. The number of amides is 1. The summed E-state index contributed by atoms with van der Waals surface area (Å²) < 4.78 is 10.7. The van der Waals surface area contributed by atoms with Gasteiger partial charge in [-0.1, -0.05) is 17.3 Å². The summed E-state index contributed by atoms with van der Waals surface area (Å²) in [5.41, 5.74) is 3.02. The summed E-state index contributed by atoms with van der Waals surface area (Å²) in [5.74, 6) is 1.87. The van der Waals surface area contributed by atoms with E-state index in [1.165, 1.54) is 0 Å². The summed E-state index contributed by atoms with van der Waals surface area (Å²) >= 11 is 0. The van der Waals surface area contributed by atoms with Crippen LogP contribution in [0.5, 0.6) is 5.75 Å². The molecular formula is C20H27N3O3. The molecule has 0 saturated carbocycles. The molecule has 6 heteroatoms. The fourth-order valence-corrected chi connectivity index (χ4v) is 3.67. The summed E-state index contributed by atoms with van der Waals surface area (Å²) in [4.78, 5) is 17.0. The molecule has 1 fully saturated rings. The molecule has 1 amide bonds. The zero-order valence-corrected chi connectivity index (χ0v) is 16.0. The van der Waals surface area contributed by atoms with E-state index in [1.807, 2.05) is 36.9 Å². The molecular weight excluding hydrogens is 330 g/mol. The lowest BCUT2D eigenvalue weighted by Gasteiger charge is -2.41. The molecule has 1 saturated heterocycles. The van der Waals surface area contributed by atoms with E-state index in [0.717, 1.165) is 48.1 Å². The topological polar surface area (TPSA) is 58.8 Å². The van der Waals surface area contributed by atoms with Crippen molar-refractivity contribution in [2.75, 3.05) is 31.6 Å². The molecule has 140 valence electrons. The van der Waals surface area contributed by atoms with Crippen LogP contribution in [0.4, 0.5) is 5.69 Å². The first-order chi connectivity index (χ1) is 12.5. The largest absolute Gasteiger partial charge is 0.495 e. The molecule has 0 bridgehead atoms. The maximum atomic E-state index is 12.7. The highest BCUT2D eigenvalue weighted by Crippen LogP contribution is 2.29. The molecule has 1 aromatic carbocycles. The Morgan fingerprint density at radius 3 is 2.73 bits per heavy atom. The van der Waals surface area contributed by atoms with Crippen molar-refractivity contribution in [2.24, 2.45) is 0 Å². The number of methoxy groups -OCH3 is 1. The monoisotopic (exact) mass is 357 g/mol. The Labute approximate surface area is 154 Å². The molecule has 6 nitrogen and oxygen atoms in total. The van der Waals surface area contributed by atoms with Gasteiger partial charge in [-0.05, 0) is 39.3 Å². The minimum atomic E-state index is 0.158. The zero-order chi connectivity index (χ0) is 18.7. The van der Waals surface area contributed by atoms with Crippen LogP contribution in [-0.4, -0.2) is 48.7 Å². The average Bonchev–Trinajstić information content (AvgIpc) is 2.97. The zero-order valence-electron chi connectivity index (χ0n) is 16.0. The third-order valence-corrected chi connectivity index (χ3v) is 5.14. The number of aryl methyl sites for hydroxylation is 2. The average molecular weight is 357 g/mol. The summed E-state index contributed by atoms with van der Waals surface area (Å²) in [6, 6.07) is 8.19. The predicted molar refractivity (Wildman–Crippen MR) is 101 cm³/mol. The lowest BCUT2D eigenvalue weighted by atomic mass is 10.1. The number of nitrogens with zero attached hydrogens (tertiary/aromatic N) is 3. The Morgan fingerprint density at radius 2 is 2.08 bits per heavy atom. The second kappa shape index (κ2) is 7.81. The Bertz CT molecular complexity index is 752. The Balaban J connectivity index is 1.61. The van der Waals surface area contributed by atoms with Crippen molar-refractivity contribution in [3.63, 3.8) is 0 Å². The van der Waals surface area contributed by atoms with Gasteiger partial charge in [0.25, 0.3) is 0 Å². The van der Waals surface area contributed by atoms with E-state index in [0.29, 0.717) is 12.8 Å². The molecule has 1 aliphatic heterocycles. The van der Waals surface area contributed by atoms with Gasteiger partial charge in [0, 0.05) is 37.7 Å². The number of rotatable bonds is 5. The van der Waals surface area contributed by atoms with E-state index >= 15 is 0 Å². The van der Waals surface area contributed by atoms with Crippen LogP contribution in [0.1, 0.15) is 30.4 Å². The van der Waals surface area contributed by atoms with E-state index in [-0.39, 0.29) is 11.9 Å². The maximum Gasteiger partial charge on any atom is 0.223 e. The summed E-state index contributed by atoms with van der Waals surface area (Å²) in [6.07, 6.45) is 1.17. The number of anilines is 1. The van der Waals surface area contributed by atoms with Crippen molar-refractivity contribution in [3.8, 4) is 5.75 Å². The fourth-order valence-electron chi connectivity index (χ4n) is 3.67. The molecule has 1 aromatic heterocycles. The Kier molecular flexibility index (Phi) is 5.49. The number of para-hydroxylation sites is 2. The summed E-state index contributed by atoms with van der Waals surface area (Å²) in [7, 11) is 1.69. The van der Waals surface area contributed by atoms with Crippen LogP contribution in [0.3, 0.4) is 0 Å². The van der Waals surface area contributed by atoms with E-state index in [1.54, 1.807) is 7.11 Å². The number of hydrogen-bond acceptors (Lipinski definition) is 5. The Morgan fingerprint density at radius 1 is 1.31 bits per heavy atom. The number of aromatic nitrogens is 1. The van der Waals surface area contributed by atoms with E-state index < -0.39 is 0 Å². The third kappa shape index (κ3) is 3.69. The first kappa shape index (κ1) is 18.3. The second-order valence-corrected chi connectivity index (χ2v) is 6.86. The van der Waals surface area contributed by atoms with Gasteiger partial charge < -0.3 is 19.1 Å². The first-order valence-corrected chi connectivity index (χ1v) is 9.10. The number of carbonyl (C=O) groups is 1. The van der Waals surface area contributed by atoms with Crippen molar-refractivity contribution in [3.05, 3.63) is 41.3 Å². The third-order valence-electron chi connectivity index (χ3n) is 5.14. The highest BCUT2D eigenvalue weighted by molar-refractivity contribution is 5.77. The predicted octanol–water partition coefficient (Wildman–Crippen LogP) is 2.97. The second-order valence-electron chi connectivity index (χ2n) is 6.86. The van der Waals surface area contributed by atoms with E-state index in [4.69, 9.17) is 9.26 Å². The normalized spacial score (nSPS) is 17.5. The van der Waals surface area contributed by atoms with Gasteiger partial charge in [0.15, 0.2) is 0 Å². The molecule has 1 unspecified atom stereocenters.